The number of carbonyl (C=O) groups excluding carboxylic acids is 1. The molecule has 1 amide bonds. The molecule has 0 unspecified atom stereocenters. The van der Waals surface area contributed by atoms with Crippen molar-refractivity contribution in [3.63, 3.8) is 0 Å². The normalized spacial score (nSPS) is 11.4. The van der Waals surface area contributed by atoms with Gasteiger partial charge in [0.15, 0.2) is 0 Å². The molecule has 0 saturated heterocycles. The zero-order valence-electron chi connectivity index (χ0n) is 15.0. The Balaban J connectivity index is 1.95. The van der Waals surface area contributed by atoms with Crippen molar-refractivity contribution in [2.24, 2.45) is 0 Å². The number of carbonyl (C=O) groups is 1. The summed E-state index contributed by atoms with van der Waals surface area (Å²) in [5.41, 5.74) is 1.33. The molecular formula is C18H22FN3O3S. The van der Waals surface area contributed by atoms with E-state index in [2.05, 4.69) is 9.71 Å². The molecule has 6 nitrogen and oxygen atoms in total. The third-order valence-corrected chi connectivity index (χ3v) is 5.37. The fourth-order valence-electron chi connectivity index (χ4n) is 2.39. The first-order valence-corrected chi connectivity index (χ1v) is 9.59. The Kier molecular flexibility index (Phi) is 6.44. The van der Waals surface area contributed by atoms with Crippen LogP contribution in [0.4, 0.5) is 4.39 Å². The summed E-state index contributed by atoms with van der Waals surface area (Å²) >= 11 is 0. The molecule has 0 bridgehead atoms. The van der Waals surface area contributed by atoms with Crippen molar-refractivity contribution in [2.45, 2.75) is 25.2 Å². The molecule has 0 spiro atoms. The smallest absolute Gasteiger partial charge is 0.241 e. The second kappa shape index (κ2) is 8.37. The second-order valence-electron chi connectivity index (χ2n) is 6.08. The average Bonchev–Trinajstić information content (AvgIpc) is 2.62. The number of benzene rings is 1. The number of nitrogens with one attached hydrogen (secondary N) is 1. The number of nitrogens with zero attached hydrogens (tertiary/aromatic N) is 2. The second-order valence-corrected chi connectivity index (χ2v) is 7.85. The number of amides is 1. The third kappa shape index (κ3) is 5.09. The molecule has 1 aromatic heterocycles. The van der Waals surface area contributed by atoms with Crippen LogP contribution in [0.25, 0.3) is 0 Å². The number of aryl methyl sites for hydroxylation is 2. The Hall–Kier alpha value is -2.32. The van der Waals surface area contributed by atoms with Gasteiger partial charge in [-0.3, -0.25) is 9.78 Å². The molecule has 2 aromatic rings. The highest BCUT2D eigenvalue weighted by Crippen LogP contribution is 2.18. The van der Waals surface area contributed by atoms with E-state index in [1.165, 1.54) is 30.9 Å². The molecule has 0 radical (unpaired) electrons. The Morgan fingerprint density at radius 1 is 1.23 bits per heavy atom. The third-order valence-electron chi connectivity index (χ3n) is 3.99. The number of hydrogen-bond acceptors (Lipinski definition) is 4. The summed E-state index contributed by atoms with van der Waals surface area (Å²) in [6.45, 7) is 3.05. The number of pyridine rings is 1. The summed E-state index contributed by atoms with van der Waals surface area (Å²) in [7, 11) is -2.29. The molecule has 140 valence electrons. The van der Waals surface area contributed by atoms with Crippen molar-refractivity contribution in [3.8, 4) is 0 Å². The summed E-state index contributed by atoms with van der Waals surface area (Å²) in [6, 6.07) is 8.04. The highest BCUT2D eigenvalue weighted by Gasteiger charge is 2.19. The van der Waals surface area contributed by atoms with Gasteiger partial charge in [-0.05, 0) is 49.2 Å². The molecule has 1 heterocycles. The van der Waals surface area contributed by atoms with Crippen molar-refractivity contribution >= 4 is 15.9 Å². The van der Waals surface area contributed by atoms with Crippen LogP contribution < -0.4 is 4.72 Å². The minimum absolute atomic E-state index is 0.0576. The van der Waals surface area contributed by atoms with Crippen LogP contribution in [0.1, 0.15) is 16.8 Å². The summed E-state index contributed by atoms with van der Waals surface area (Å²) in [5.74, 6) is -0.797. The van der Waals surface area contributed by atoms with Gasteiger partial charge in [0, 0.05) is 31.9 Å². The number of likely N-dealkylation sites (N-methyl/N-ethyl adjacent to an activating group) is 1. The number of sulfonamides is 1. The predicted octanol–water partition coefficient (Wildman–Crippen LogP) is 1.82. The van der Waals surface area contributed by atoms with Crippen LogP contribution in [-0.2, 0) is 21.2 Å². The topological polar surface area (TPSA) is 79.4 Å². The molecule has 0 fully saturated rings. The lowest BCUT2D eigenvalue weighted by Crippen LogP contribution is -2.39. The highest BCUT2D eigenvalue weighted by atomic mass is 32.2. The van der Waals surface area contributed by atoms with Gasteiger partial charge in [-0.1, -0.05) is 6.07 Å². The molecule has 26 heavy (non-hydrogen) atoms. The Labute approximate surface area is 153 Å². The van der Waals surface area contributed by atoms with Gasteiger partial charge in [-0.15, -0.1) is 0 Å². The van der Waals surface area contributed by atoms with Gasteiger partial charge in [-0.2, -0.15) is 0 Å². The largest absolute Gasteiger partial charge is 0.344 e. The quantitative estimate of drug-likeness (QED) is 0.796. The maximum absolute atomic E-state index is 13.7. The SMILES string of the molecule is Cc1cc(S(=O)(=O)NCC(=O)N(C)CCc2ccccn2)cc(C)c1F. The molecule has 1 N–H and O–H groups in total. The molecule has 2 rings (SSSR count). The highest BCUT2D eigenvalue weighted by molar-refractivity contribution is 7.89. The van der Waals surface area contributed by atoms with Gasteiger partial charge in [0.1, 0.15) is 5.82 Å². The van der Waals surface area contributed by atoms with Crippen LogP contribution in [-0.4, -0.2) is 44.3 Å². The Bertz CT molecular complexity index is 863. The molecule has 0 atom stereocenters. The minimum Gasteiger partial charge on any atom is -0.344 e. The number of rotatable bonds is 7. The van der Waals surface area contributed by atoms with E-state index in [9.17, 15) is 17.6 Å². The lowest BCUT2D eigenvalue weighted by atomic mass is 10.1. The van der Waals surface area contributed by atoms with E-state index < -0.39 is 15.8 Å². The number of halogens is 1. The van der Waals surface area contributed by atoms with Gasteiger partial charge in [0.25, 0.3) is 0 Å². The lowest BCUT2D eigenvalue weighted by molar-refractivity contribution is -0.128. The van der Waals surface area contributed by atoms with Crippen molar-refractivity contribution < 1.29 is 17.6 Å². The van der Waals surface area contributed by atoms with E-state index in [1.54, 1.807) is 13.2 Å². The van der Waals surface area contributed by atoms with Crippen molar-refractivity contribution in [2.75, 3.05) is 20.1 Å². The molecule has 0 aliphatic heterocycles. The molecule has 0 saturated carbocycles. The van der Waals surface area contributed by atoms with Gasteiger partial charge in [0.05, 0.1) is 11.4 Å². The van der Waals surface area contributed by atoms with Gasteiger partial charge in [0.2, 0.25) is 15.9 Å². The van der Waals surface area contributed by atoms with Crippen LogP contribution >= 0.6 is 0 Å². The van der Waals surface area contributed by atoms with E-state index >= 15 is 0 Å². The van der Waals surface area contributed by atoms with Gasteiger partial charge < -0.3 is 4.90 Å². The van der Waals surface area contributed by atoms with Crippen LogP contribution in [0.5, 0.6) is 0 Å². The van der Waals surface area contributed by atoms with E-state index in [0.717, 1.165) is 5.69 Å². The summed E-state index contributed by atoms with van der Waals surface area (Å²) in [5, 5.41) is 0. The van der Waals surface area contributed by atoms with Crippen LogP contribution in [0.15, 0.2) is 41.4 Å². The Morgan fingerprint density at radius 3 is 2.46 bits per heavy atom. The first-order chi connectivity index (χ1) is 12.2. The fraction of sp³-hybridized carbons (Fsp3) is 0.333. The average molecular weight is 379 g/mol. The van der Waals surface area contributed by atoms with Crippen LogP contribution in [0.2, 0.25) is 0 Å². The predicted molar refractivity (Wildman–Crippen MR) is 96.6 cm³/mol. The van der Waals surface area contributed by atoms with E-state index in [-0.39, 0.29) is 28.5 Å². The van der Waals surface area contributed by atoms with Crippen molar-refractivity contribution in [1.82, 2.24) is 14.6 Å². The van der Waals surface area contributed by atoms with Crippen molar-refractivity contribution in [3.05, 3.63) is 59.2 Å². The molecule has 8 heteroatoms. The standard InChI is InChI=1S/C18H22FN3O3S/c1-13-10-16(11-14(2)18(13)19)26(24,25)21-12-17(23)22(3)9-7-15-6-4-5-8-20-15/h4-6,8,10-11,21H,7,9,12H2,1-3H3. The summed E-state index contributed by atoms with van der Waals surface area (Å²) < 4.78 is 40.6. The fourth-order valence-corrected chi connectivity index (χ4v) is 3.53. The lowest BCUT2D eigenvalue weighted by Gasteiger charge is -2.17. The van der Waals surface area contributed by atoms with Crippen LogP contribution in [0, 0.1) is 19.7 Å². The Morgan fingerprint density at radius 2 is 1.88 bits per heavy atom. The molecule has 0 aliphatic rings. The first kappa shape index (κ1) is 20.0. The molecule has 0 aliphatic carbocycles. The van der Waals surface area contributed by atoms with Crippen molar-refractivity contribution in [1.29, 1.82) is 0 Å². The number of aromatic nitrogens is 1. The van der Waals surface area contributed by atoms with E-state index in [0.29, 0.717) is 13.0 Å². The van der Waals surface area contributed by atoms with Crippen LogP contribution in [0.3, 0.4) is 0 Å². The maximum atomic E-state index is 13.7. The number of hydrogen-bond donors (Lipinski definition) is 1. The molecule has 1 aromatic carbocycles. The summed E-state index contributed by atoms with van der Waals surface area (Å²) in [4.78, 5) is 17.7. The maximum Gasteiger partial charge on any atom is 0.241 e. The van der Waals surface area contributed by atoms with E-state index in [4.69, 9.17) is 0 Å². The summed E-state index contributed by atoms with van der Waals surface area (Å²) in [6.07, 6.45) is 2.25. The van der Waals surface area contributed by atoms with Gasteiger partial charge >= 0.3 is 0 Å². The minimum atomic E-state index is -3.89. The monoisotopic (exact) mass is 379 g/mol. The van der Waals surface area contributed by atoms with Gasteiger partial charge in [-0.25, -0.2) is 17.5 Å². The zero-order chi connectivity index (χ0) is 19.3. The molecular weight excluding hydrogens is 357 g/mol. The first-order valence-electron chi connectivity index (χ1n) is 8.11. The zero-order valence-corrected chi connectivity index (χ0v) is 15.8. The van der Waals surface area contributed by atoms with E-state index in [1.807, 2.05) is 18.2 Å².